The van der Waals surface area contributed by atoms with Crippen molar-refractivity contribution in [2.24, 2.45) is 0 Å². The van der Waals surface area contributed by atoms with Crippen molar-refractivity contribution in [1.29, 1.82) is 0 Å². The van der Waals surface area contributed by atoms with Crippen LogP contribution >= 0.6 is 23.5 Å². The maximum absolute atomic E-state index is 2.38. The van der Waals surface area contributed by atoms with Crippen molar-refractivity contribution >= 4 is 40.4 Å². The highest BCUT2D eigenvalue weighted by atomic mass is 32.2. The summed E-state index contributed by atoms with van der Waals surface area (Å²) in [5.74, 6) is 0. The second-order valence-corrected chi connectivity index (χ2v) is 8.95. The smallest absolute Gasteiger partial charge is 0.0534 e. The van der Waals surface area contributed by atoms with E-state index in [4.69, 9.17) is 0 Å². The fraction of sp³-hybridized carbons (Fsp3) is 0.0400. The number of thioether (sulfide) groups is 1. The molecule has 0 nitrogen and oxygen atoms in total. The van der Waals surface area contributed by atoms with Crippen LogP contribution in [0.15, 0.2) is 112 Å². The number of rotatable bonds is 4. The van der Waals surface area contributed by atoms with Gasteiger partial charge in [0, 0.05) is 14.7 Å². The maximum Gasteiger partial charge on any atom is 0.0534 e. The summed E-state index contributed by atoms with van der Waals surface area (Å²) in [4.78, 5) is 3.88. The van der Waals surface area contributed by atoms with Crippen molar-refractivity contribution in [3.8, 4) is 0 Å². The molecule has 0 bridgehead atoms. The monoisotopic (exact) mass is 382 g/mol. The van der Waals surface area contributed by atoms with Crippen LogP contribution in [0.1, 0.15) is 16.4 Å². The molecule has 4 aromatic carbocycles. The summed E-state index contributed by atoms with van der Waals surface area (Å²) in [6, 6.07) is 32.6. The fourth-order valence-corrected chi connectivity index (χ4v) is 5.57. The summed E-state index contributed by atoms with van der Waals surface area (Å²) < 4.78 is 0. The Kier molecular flexibility index (Phi) is 4.52. The van der Waals surface area contributed by atoms with Gasteiger partial charge in [0.05, 0.1) is 5.25 Å². The lowest BCUT2D eigenvalue weighted by Crippen LogP contribution is -1.99. The Morgan fingerprint density at radius 2 is 1.37 bits per heavy atom. The first-order valence-corrected chi connectivity index (χ1v) is 10.8. The summed E-state index contributed by atoms with van der Waals surface area (Å²) in [6.07, 6.45) is 4.62. The first kappa shape index (κ1) is 16.7. The Hall–Kier alpha value is -2.42. The zero-order chi connectivity index (χ0) is 18.1. The van der Waals surface area contributed by atoms with Gasteiger partial charge in [-0.1, -0.05) is 78.5 Å². The van der Waals surface area contributed by atoms with E-state index < -0.39 is 0 Å². The zero-order valence-electron chi connectivity index (χ0n) is 14.7. The highest BCUT2D eigenvalue weighted by molar-refractivity contribution is 8.00. The first-order chi connectivity index (χ1) is 13.4. The zero-order valence-corrected chi connectivity index (χ0v) is 16.3. The number of benzene rings is 4. The molecule has 1 atom stereocenters. The van der Waals surface area contributed by atoms with Gasteiger partial charge in [-0.3, -0.25) is 0 Å². The lowest BCUT2D eigenvalue weighted by molar-refractivity contribution is 1.21. The predicted molar refractivity (Wildman–Crippen MR) is 119 cm³/mol. The summed E-state index contributed by atoms with van der Waals surface area (Å²) in [7, 11) is 0. The molecule has 27 heavy (non-hydrogen) atoms. The van der Waals surface area contributed by atoms with Gasteiger partial charge in [-0.05, 0) is 58.3 Å². The van der Waals surface area contributed by atoms with Crippen LogP contribution < -0.4 is 0 Å². The van der Waals surface area contributed by atoms with E-state index in [2.05, 4.69) is 103 Å². The van der Waals surface area contributed by atoms with Gasteiger partial charge in [0.1, 0.15) is 0 Å². The van der Waals surface area contributed by atoms with Gasteiger partial charge < -0.3 is 0 Å². The third-order valence-electron chi connectivity index (χ3n) is 4.76. The van der Waals surface area contributed by atoms with E-state index in [1.807, 2.05) is 23.5 Å². The largest absolute Gasteiger partial charge is 0.114 e. The van der Waals surface area contributed by atoms with Gasteiger partial charge in [-0.2, -0.15) is 0 Å². The van der Waals surface area contributed by atoms with Crippen molar-refractivity contribution in [3.63, 3.8) is 0 Å². The number of hydrogen-bond donors (Lipinski definition) is 0. The molecule has 130 valence electrons. The van der Waals surface area contributed by atoms with E-state index in [0.717, 1.165) is 0 Å². The molecule has 1 aliphatic rings. The van der Waals surface area contributed by atoms with Crippen LogP contribution in [0.4, 0.5) is 0 Å². The molecule has 0 radical (unpaired) electrons. The minimum Gasteiger partial charge on any atom is -0.114 e. The van der Waals surface area contributed by atoms with E-state index in [-0.39, 0.29) is 0 Å². The Balaban J connectivity index is 1.59. The third-order valence-corrected chi connectivity index (χ3v) is 6.94. The summed E-state index contributed by atoms with van der Waals surface area (Å²) in [6.45, 7) is 0. The Morgan fingerprint density at radius 3 is 2.15 bits per heavy atom. The molecular weight excluding hydrogens is 364 g/mol. The highest BCUT2D eigenvalue weighted by Crippen LogP contribution is 2.45. The van der Waals surface area contributed by atoms with Crippen LogP contribution in [0.5, 0.6) is 0 Å². The van der Waals surface area contributed by atoms with E-state index in [1.54, 1.807) is 0 Å². The number of hydrogen-bond acceptors (Lipinski definition) is 2. The van der Waals surface area contributed by atoms with Crippen molar-refractivity contribution in [3.05, 3.63) is 108 Å². The van der Waals surface area contributed by atoms with Crippen molar-refractivity contribution < 1.29 is 0 Å². The molecule has 2 heteroatoms. The lowest BCUT2D eigenvalue weighted by atomic mass is 9.93. The van der Waals surface area contributed by atoms with Gasteiger partial charge in [-0.25, -0.2) is 0 Å². The molecule has 0 heterocycles. The van der Waals surface area contributed by atoms with E-state index in [9.17, 15) is 0 Å². The van der Waals surface area contributed by atoms with Gasteiger partial charge in [-0.15, -0.1) is 11.8 Å². The van der Waals surface area contributed by atoms with Crippen molar-refractivity contribution in [1.82, 2.24) is 0 Å². The average molecular weight is 383 g/mol. The Labute approximate surface area is 168 Å². The van der Waals surface area contributed by atoms with E-state index in [1.165, 1.54) is 36.6 Å². The van der Waals surface area contributed by atoms with E-state index in [0.29, 0.717) is 5.25 Å². The molecule has 0 amide bonds. The molecular formula is C25H18S2. The summed E-state index contributed by atoms with van der Waals surface area (Å²) in [5.41, 5.74) is 2.74. The summed E-state index contributed by atoms with van der Waals surface area (Å²) in [5, 5.41) is 3.05. The quantitative estimate of drug-likeness (QED) is 0.352. The average Bonchev–Trinajstić information content (AvgIpc) is 2.72. The first-order valence-electron chi connectivity index (χ1n) is 9.06. The normalized spacial score (nSPS) is 15.2. The standard InChI is InChI=1S/C25H18S2/c1-3-10-20(11-4-1)26-22-16-19-9-7-8-18-14-15-24(23(17-22)25(18)19)27-21-12-5-2-6-13-21/h1-17,24H. The third kappa shape index (κ3) is 3.43. The van der Waals surface area contributed by atoms with Crippen LogP contribution in [-0.2, 0) is 0 Å². The van der Waals surface area contributed by atoms with E-state index >= 15 is 0 Å². The summed E-state index contributed by atoms with van der Waals surface area (Å²) >= 11 is 3.76. The Bertz CT molecular complexity index is 1120. The van der Waals surface area contributed by atoms with Gasteiger partial charge >= 0.3 is 0 Å². The molecule has 0 aromatic heterocycles. The molecule has 0 saturated carbocycles. The van der Waals surface area contributed by atoms with Crippen LogP contribution in [0, 0.1) is 0 Å². The fourth-order valence-electron chi connectivity index (χ4n) is 3.55. The minimum absolute atomic E-state index is 0.334. The van der Waals surface area contributed by atoms with Gasteiger partial charge in [0.15, 0.2) is 0 Å². The molecule has 0 fully saturated rings. The topological polar surface area (TPSA) is 0 Å². The molecule has 0 N–H and O–H groups in total. The predicted octanol–water partition coefficient (Wildman–Crippen LogP) is 7.85. The second kappa shape index (κ2) is 7.30. The van der Waals surface area contributed by atoms with Crippen molar-refractivity contribution in [2.45, 2.75) is 19.9 Å². The highest BCUT2D eigenvalue weighted by Gasteiger charge is 2.20. The molecule has 1 aliphatic carbocycles. The Morgan fingerprint density at radius 1 is 0.630 bits per heavy atom. The molecule has 0 spiro atoms. The molecule has 0 saturated heterocycles. The van der Waals surface area contributed by atoms with Crippen LogP contribution in [-0.4, -0.2) is 0 Å². The van der Waals surface area contributed by atoms with Gasteiger partial charge in [0.2, 0.25) is 0 Å². The SMILES string of the molecule is C1=CC(Sc2ccccc2)c2cc(Sc3ccccc3)cc3cccc1c23. The molecule has 0 aliphatic heterocycles. The maximum atomic E-state index is 2.38. The molecule has 4 aromatic rings. The van der Waals surface area contributed by atoms with Crippen LogP contribution in [0.2, 0.25) is 0 Å². The van der Waals surface area contributed by atoms with Crippen LogP contribution in [0.25, 0.3) is 16.8 Å². The minimum atomic E-state index is 0.334. The van der Waals surface area contributed by atoms with Gasteiger partial charge in [0.25, 0.3) is 0 Å². The molecule has 5 rings (SSSR count). The van der Waals surface area contributed by atoms with Crippen LogP contribution in [0.3, 0.4) is 0 Å². The lowest BCUT2D eigenvalue weighted by Gasteiger charge is -2.22. The van der Waals surface area contributed by atoms with Crippen molar-refractivity contribution in [2.75, 3.05) is 0 Å². The second-order valence-electron chi connectivity index (χ2n) is 6.58. The molecule has 1 unspecified atom stereocenters.